The van der Waals surface area contributed by atoms with E-state index in [0.29, 0.717) is 5.82 Å². The van der Waals surface area contributed by atoms with E-state index in [1.54, 1.807) is 7.05 Å². The van der Waals surface area contributed by atoms with Gasteiger partial charge in [-0.3, -0.25) is 0 Å². The molecule has 0 radical (unpaired) electrons. The van der Waals surface area contributed by atoms with Gasteiger partial charge in [0.2, 0.25) is 0 Å². The highest BCUT2D eigenvalue weighted by molar-refractivity contribution is 4.95. The van der Waals surface area contributed by atoms with Crippen LogP contribution in [0.4, 0.5) is 4.39 Å². The summed E-state index contributed by atoms with van der Waals surface area (Å²) in [5.41, 5.74) is 0. The first-order chi connectivity index (χ1) is 5.24. The molecule has 0 spiro atoms. The SMILES string of the molecule is CNC(C)c1ncc(F)cn1. The van der Waals surface area contributed by atoms with Gasteiger partial charge in [0.05, 0.1) is 18.4 Å². The Kier molecular flexibility index (Phi) is 2.48. The Labute approximate surface area is 64.7 Å². The molecule has 0 saturated heterocycles. The Hall–Kier alpha value is -1.03. The molecular formula is C7H10FN3. The van der Waals surface area contributed by atoms with E-state index in [9.17, 15) is 4.39 Å². The number of nitrogens with one attached hydrogen (secondary N) is 1. The molecule has 0 bridgehead atoms. The molecule has 11 heavy (non-hydrogen) atoms. The molecule has 1 aromatic heterocycles. The summed E-state index contributed by atoms with van der Waals surface area (Å²) in [6.45, 7) is 1.91. The summed E-state index contributed by atoms with van der Waals surface area (Å²) in [5.74, 6) is 0.200. The summed E-state index contributed by atoms with van der Waals surface area (Å²) in [6.07, 6.45) is 2.33. The predicted octanol–water partition coefficient (Wildman–Crippen LogP) is 0.896. The molecule has 0 aromatic carbocycles. The molecule has 1 unspecified atom stereocenters. The lowest BCUT2D eigenvalue weighted by Gasteiger charge is -2.06. The zero-order valence-corrected chi connectivity index (χ0v) is 6.50. The predicted molar refractivity (Wildman–Crippen MR) is 39.5 cm³/mol. The monoisotopic (exact) mass is 155 g/mol. The van der Waals surface area contributed by atoms with Gasteiger partial charge in [-0.15, -0.1) is 0 Å². The van der Waals surface area contributed by atoms with E-state index in [4.69, 9.17) is 0 Å². The van der Waals surface area contributed by atoms with Gasteiger partial charge in [-0.2, -0.15) is 0 Å². The van der Waals surface area contributed by atoms with E-state index in [-0.39, 0.29) is 6.04 Å². The van der Waals surface area contributed by atoms with Crippen molar-refractivity contribution in [3.8, 4) is 0 Å². The molecule has 1 atom stereocenters. The van der Waals surface area contributed by atoms with Crippen LogP contribution in [0.3, 0.4) is 0 Å². The van der Waals surface area contributed by atoms with Gasteiger partial charge in [0.1, 0.15) is 5.82 Å². The summed E-state index contributed by atoms with van der Waals surface area (Å²) in [6, 6.07) is 0.0654. The normalized spacial score (nSPS) is 13.0. The molecule has 0 saturated carbocycles. The number of hydrogen-bond acceptors (Lipinski definition) is 3. The van der Waals surface area contributed by atoms with Gasteiger partial charge >= 0.3 is 0 Å². The van der Waals surface area contributed by atoms with Crippen LogP contribution in [-0.4, -0.2) is 17.0 Å². The number of hydrogen-bond donors (Lipinski definition) is 1. The third-order valence-electron chi connectivity index (χ3n) is 1.46. The number of aromatic nitrogens is 2. The van der Waals surface area contributed by atoms with Crippen molar-refractivity contribution in [2.24, 2.45) is 0 Å². The number of rotatable bonds is 2. The van der Waals surface area contributed by atoms with Crippen LogP contribution in [0.2, 0.25) is 0 Å². The van der Waals surface area contributed by atoms with Crippen LogP contribution in [0, 0.1) is 5.82 Å². The maximum absolute atomic E-state index is 12.3. The average molecular weight is 155 g/mol. The van der Waals surface area contributed by atoms with Crippen LogP contribution in [0.1, 0.15) is 18.8 Å². The Morgan fingerprint density at radius 1 is 1.45 bits per heavy atom. The number of nitrogens with zero attached hydrogens (tertiary/aromatic N) is 2. The topological polar surface area (TPSA) is 37.8 Å². The van der Waals surface area contributed by atoms with E-state index >= 15 is 0 Å². The smallest absolute Gasteiger partial charge is 0.159 e. The molecule has 0 aliphatic carbocycles. The van der Waals surface area contributed by atoms with E-state index in [0.717, 1.165) is 12.4 Å². The third kappa shape index (κ3) is 1.94. The third-order valence-corrected chi connectivity index (χ3v) is 1.46. The Bertz CT molecular complexity index is 222. The van der Waals surface area contributed by atoms with Gasteiger partial charge < -0.3 is 5.32 Å². The highest BCUT2D eigenvalue weighted by Crippen LogP contribution is 2.03. The van der Waals surface area contributed by atoms with E-state index in [1.165, 1.54) is 0 Å². The second kappa shape index (κ2) is 3.39. The first-order valence-electron chi connectivity index (χ1n) is 3.38. The van der Waals surface area contributed by atoms with Crippen LogP contribution >= 0.6 is 0 Å². The lowest BCUT2D eigenvalue weighted by atomic mass is 10.3. The summed E-state index contributed by atoms with van der Waals surface area (Å²) in [5, 5.41) is 2.95. The van der Waals surface area contributed by atoms with Crippen molar-refractivity contribution >= 4 is 0 Å². The summed E-state index contributed by atoms with van der Waals surface area (Å²) >= 11 is 0. The van der Waals surface area contributed by atoms with Crippen molar-refractivity contribution < 1.29 is 4.39 Å². The first kappa shape index (κ1) is 8.07. The van der Waals surface area contributed by atoms with Gasteiger partial charge in [-0.05, 0) is 14.0 Å². The highest BCUT2D eigenvalue weighted by atomic mass is 19.1. The molecule has 4 heteroatoms. The Morgan fingerprint density at radius 3 is 2.45 bits per heavy atom. The standard InChI is InChI=1S/C7H10FN3/c1-5(9-2)7-10-3-6(8)4-11-7/h3-5,9H,1-2H3. The lowest BCUT2D eigenvalue weighted by Crippen LogP contribution is -2.15. The summed E-state index contributed by atoms with van der Waals surface area (Å²) in [4.78, 5) is 7.60. The molecule has 1 rings (SSSR count). The van der Waals surface area contributed by atoms with Gasteiger partial charge in [-0.1, -0.05) is 0 Å². The van der Waals surface area contributed by atoms with Crippen molar-refractivity contribution in [2.45, 2.75) is 13.0 Å². The Balaban J connectivity index is 2.81. The van der Waals surface area contributed by atoms with Gasteiger partial charge in [-0.25, -0.2) is 14.4 Å². The lowest BCUT2D eigenvalue weighted by molar-refractivity contribution is 0.576. The molecule has 1 N–H and O–H groups in total. The fourth-order valence-corrected chi connectivity index (χ4v) is 0.675. The zero-order valence-electron chi connectivity index (χ0n) is 6.50. The second-order valence-electron chi connectivity index (χ2n) is 2.27. The van der Waals surface area contributed by atoms with Crippen molar-refractivity contribution in [1.29, 1.82) is 0 Å². The number of halogens is 1. The molecule has 0 fully saturated rings. The van der Waals surface area contributed by atoms with Crippen LogP contribution in [0.25, 0.3) is 0 Å². The first-order valence-corrected chi connectivity index (χ1v) is 3.38. The zero-order chi connectivity index (χ0) is 8.27. The van der Waals surface area contributed by atoms with Crippen LogP contribution < -0.4 is 5.32 Å². The maximum atomic E-state index is 12.3. The summed E-state index contributed by atoms with van der Waals surface area (Å²) in [7, 11) is 1.80. The molecular weight excluding hydrogens is 145 g/mol. The fourth-order valence-electron chi connectivity index (χ4n) is 0.675. The molecule has 1 aromatic rings. The molecule has 60 valence electrons. The minimum atomic E-state index is -0.406. The largest absolute Gasteiger partial charge is 0.311 e. The molecule has 1 heterocycles. The van der Waals surface area contributed by atoms with Crippen LogP contribution in [0.15, 0.2) is 12.4 Å². The van der Waals surface area contributed by atoms with Crippen molar-refractivity contribution in [1.82, 2.24) is 15.3 Å². The second-order valence-corrected chi connectivity index (χ2v) is 2.27. The van der Waals surface area contributed by atoms with E-state index < -0.39 is 5.82 Å². The quantitative estimate of drug-likeness (QED) is 0.689. The van der Waals surface area contributed by atoms with Crippen molar-refractivity contribution in [2.75, 3.05) is 7.05 Å². The van der Waals surface area contributed by atoms with Gasteiger partial charge in [0.25, 0.3) is 0 Å². The highest BCUT2D eigenvalue weighted by Gasteiger charge is 2.04. The molecule has 0 aliphatic rings. The minimum absolute atomic E-state index is 0.0654. The van der Waals surface area contributed by atoms with Crippen molar-refractivity contribution in [3.05, 3.63) is 24.0 Å². The average Bonchev–Trinajstić information content (AvgIpc) is 2.05. The molecule has 0 amide bonds. The van der Waals surface area contributed by atoms with E-state index in [1.807, 2.05) is 6.92 Å². The summed E-state index contributed by atoms with van der Waals surface area (Å²) < 4.78 is 12.3. The minimum Gasteiger partial charge on any atom is -0.311 e. The Morgan fingerprint density at radius 2 is 2.00 bits per heavy atom. The van der Waals surface area contributed by atoms with Crippen LogP contribution in [0.5, 0.6) is 0 Å². The van der Waals surface area contributed by atoms with Gasteiger partial charge in [0, 0.05) is 0 Å². The maximum Gasteiger partial charge on any atom is 0.159 e. The fraction of sp³-hybridized carbons (Fsp3) is 0.429. The van der Waals surface area contributed by atoms with Crippen molar-refractivity contribution in [3.63, 3.8) is 0 Å². The molecule has 0 aliphatic heterocycles. The van der Waals surface area contributed by atoms with Gasteiger partial charge in [0.15, 0.2) is 5.82 Å². The van der Waals surface area contributed by atoms with E-state index in [2.05, 4.69) is 15.3 Å². The molecule has 3 nitrogen and oxygen atoms in total. The van der Waals surface area contributed by atoms with Crippen LogP contribution in [-0.2, 0) is 0 Å².